The minimum atomic E-state index is -0.745. The summed E-state index contributed by atoms with van der Waals surface area (Å²) in [5.41, 5.74) is 5.50. The first-order chi connectivity index (χ1) is 34.4. The van der Waals surface area contributed by atoms with Crippen molar-refractivity contribution in [2.24, 2.45) is 85.8 Å². The second kappa shape index (κ2) is 21.5. The molecule has 408 valence electrons. The van der Waals surface area contributed by atoms with Crippen molar-refractivity contribution in [2.45, 2.75) is 241 Å². The average Bonchev–Trinajstić information content (AvgIpc) is 3.97. The highest BCUT2D eigenvalue weighted by molar-refractivity contribution is 5.92. The Morgan fingerprint density at radius 1 is 0.466 bits per heavy atom. The van der Waals surface area contributed by atoms with Gasteiger partial charge >= 0.3 is 11.9 Å². The van der Waals surface area contributed by atoms with Crippen LogP contribution in [0.1, 0.15) is 222 Å². The zero-order valence-electron chi connectivity index (χ0n) is 46.3. The number of allylic oxidation sites excluding steroid dienone is 3. The van der Waals surface area contributed by atoms with Gasteiger partial charge in [0.2, 0.25) is 0 Å². The number of carboxylic acids is 2. The molecule has 0 unspecified atom stereocenters. The van der Waals surface area contributed by atoms with Crippen LogP contribution in [-0.2, 0) is 24.0 Å². The summed E-state index contributed by atoms with van der Waals surface area (Å²) in [6.45, 7) is 17.3. The highest BCUT2D eigenvalue weighted by atomic mass is 16.4. The van der Waals surface area contributed by atoms with Crippen LogP contribution >= 0.6 is 0 Å². The summed E-state index contributed by atoms with van der Waals surface area (Å²) < 4.78 is 0. The van der Waals surface area contributed by atoms with E-state index in [0.29, 0.717) is 63.7 Å². The molecule has 0 aromatic rings. The first kappa shape index (κ1) is 56.3. The third-order valence-corrected chi connectivity index (χ3v) is 24.1. The number of carboxylic acid groups (broad SMARTS) is 2. The van der Waals surface area contributed by atoms with Crippen LogP contribution in [0.5, 0.6) is 0 Å². The molecule has 0 radical (unpaired) electrons. The highest BCUT2D eigenvalue weighted by Gasteiger charge is 2.61. The summed E-state index contributed by atoms with van der Waals surface area (Å²) in [6, 6.07) is 0. The summed E-state index contributed by atoms with van der Waals surface area (Å²) in [5.74, 6) is 6.26. The minimum Gasteiger partial charge on any atom is -0.481 e. The van der Waals surface area contributed by atoms with Gasteiger partial charge in [-0.3, -0.25) is 24.0 Å². The zero-order valence-corrected chi connectivity index (χ0v) is 46.3. The van der Waals surface area contributed by atoms with Crippen molar-refractivity contribution in [3.05, 3.63) is 34.9 Å². The molecule has 10 heteroatoms. The third kappa shape index (κ3) is 10.1. The van der Waals surface area contributed by atoms with Crippen molar-refractivity contribution in [1.29, 1.82) is 0 Å². The molecule has 0 amide bonds. The van der Waals surface area contributed by atoms with Gasteiger partial charge in [0.15, 0.2) is 5.78 Å². The molecule has 73 heavy (non-hydrogen) atoms. The normalized spacial score (nSPS) is 46.5. The number of ketones is 3. The molecule has 0 spiro atoms. The number of Topliss-reactive ketones (excluding diaryl/α,β-unsaturated/α-hetero) is 2. The second-order valence-corrected chi connectivity index (χ2v) is 27.2. The van der Waals surface area contributed by atoms with Crippen LogP contribution in [0.15, 0.2) is 34.9 Å². The van der Waals surface area contributed by atoms with Crippen LogP contribution in [0.25, 0.3) is 0 Å². The SMILES string of the molecule is CCC(=O)O.CCC(=O)O.C[C@]12CCC(=O)C=C1CC[C@@H]1[C@@H]2CC[C@]2(C)C(=O)CC[C@@H]12.C[C@]12CC[C@H](O)CC1=CC[C@@H]1[C@@H]2CC[C@]2(C)C(=O)CC[C@@H]12.C[C@]12CC[C@H]3[C@@H](CC=C4C[C@@H](O)CC[C@@]43C)[C@@H]1CC[C@@H]2O. The van der Waals surface area contributed by atoms with Gasteiger partial charge < -0.3 is 25.5 Å². The number of aliphatic hydroxyl groups excluding tert-OH is 3. The molecule has 12 aliphatic rings. The van der Waals surface area contributed by atoms with E-state index in [4.69, 9.17) is 10.2 Å². The molecular weight excluding hydrogens is 917 g/mol. The molecule has 12 rings (SSSR count). The summed E-state index contributed by atoms with van der Waals surface area (Å²) in [5, 5.41) is 45.9. The van der Waals surface area contributed by atoms with Crippen molar-refractivity contribution in [3.8, 4) is 0 Å². The maximum Gasteiger partial charge on any atom is 0.303 e. The fourth-order valence-electron chi connectivity index (χ4n) is 19.4. The van der Waals surface area contributed by atoms with Crippen molar-refractivity contribution >= 4 is 29.3 Å². The molecule has 5 N–H and O–H groups in total. The van der Waals surface area contributed by atoms with Crippen LogP contribution in [-0.4, -0.2) is 73.1 Å². The molecule has 18 atom stereocenters. The lowest BCUT2D eigenvalue weighted by Crippen LogP contribution is -2.51. The van der Waals surface area contributed by atoms with Gasteiger partial charge in [0.1, 0.15) is 11.6 Å². The largest absolute Gasteiger partial charge is 0.481 e. The number of rotatable bonds is 2. The maximum absolute atomic E-state index is 12.4. The Labute approximate surface area is 438 Å². The van der Waals surface area contributed by atoms with Gasteiger partial charge in [-0.15, -0.1) is 0 Å². The smallest absolute Gasteiger partial charge is 0.303 e. The first-order valence-electron chi connectivity index (χ1n) is 29.6. The van der Waals surface area contributed by atoms with E-state index in [1.807, 2.05) is 6.08 Å². The molecule has 0 aromatic heterocycles. The Balaban J connectivity index is 0.000000134. The lowest BCUT2D eigenvalue weighted by atomic mass is 9.47. The van der Waals surface area contributed by atoms with E-state index in [-0.39, 0.29) is 52.8 Å². The fourth-order valence-corrected chi connectivity index (χ4v) is 19.4. The Morgan fingerprint density at radius 2 is 0.877 bits per heavy atom. The molecule has 12 aliphatic carbocycles. The van der Waals surface area contributed by atoms with E-state index >= 15 is 0 Å². The van der Waals surface area contributed by atoms with Gasteiger partial charge in [-0.1, -0.05) is 84.3 Å². The fraction of sp³-hybridized carbons (Fsp3) is 0.825. The van der Waals surface area contributed by atoms with Crippen LogP contribution in [0.4, 0.5) is 0 Å². The summed E-state index contributed by atoms with van der Waals surface area (Å²) in [7, 11) is 0. The van der Waals surface area contributed by atoms with Crippen molar-refractivity contribution in [1.82, 2.24) is 0 Å². The maximum atomic E-state index is 12.4. The highest BCUT2D eigenvalue weighted by Crippen LogP contribution is 2.67. The van der Waals surface area contributed by atoms with Gasteiger partial charge in [0.25, 0.3) is 0 Å². The van der Waals surface area contributed by atoms with E-state index in [0.717, 1.165) is 127 Å². The van der Waals surface area contributed by atoms with Gasteiger partial charge in [-0.05, 0) is 216 Å². The number of carbonyl (C=O) groups excluding carboxylic acids is 3. The molecule has 10 nitrogen and oxygen atoms in total. The summed E-state index contributed by atoms with van der Waals surface area (Å²) in [6.07, 6.45) is 32.6. The Bertz CT molecular complexity index is 2190. The van der Waals surface area contributed by atoms with E-state index in [9.17, 15) is 39.3 Å². The number of carbonyl (C=O) groups is 5. The minimum absolute atomic E-state index is 0.0168. The average molecular weight is 1010 g/mol. The molecule has 0 saturated heterocycles. The molecule has 0 aliphatic heterocycles. The molecular formula is C63H96O10. The van der Waals surface area contributed by atoms with E-state index in [1.54, 1.807) is 19.4 Å². The standard InChI is InChI=1S/C19H30O2.C19H28O2.C19H26O2.2C3H6O2/c3*1-18-9-7-13(20)11-12(18)3-4-14-15-5-6-17(21)19(15,2)10-8-16(14)18;2*1-2-3(4)5/h3,13-17,20-21H,4-11H2,1-2H3;3,13-16,20H,4-11H2,1-2H3;11,14-16H,3-10H2,1-2H3;2*2H2,1H3,(H,4,5)/t13-,14-,15-,16-,17-,18-,19-;13-,14-,15-,16-,18-,19-;14-,15-,16-,18-,19-;;/m000../s1. The Hall–Kier alpha value is -2.95. The van der Waals surface area contributed by atoms with E-state index in [2.05, 4.69) is 53.7 Å². The van der Waals surface area contributed by atoms with Gasteiger partial charge in [0.05, 0.1) is 18.3 Å². The Kier molecular flexibility index (Phi) is 16.5. The van der Waals surface area contributed by atoms with Crippen LogP contribution < -0.4 is 0 Å². The lowest BCUT2D eigenvalue weighted by molar-refractivity contribution is -0.137. The van der Waals surface area contributed by atoms with Crippen LogP contribution in [0.3, 0.4) is 0 Å². The van der Waals surface area contributed by atoms with E-state index < -0.39 is 11.9 Å². The van der Waals surface area contributed by atoms with Gasteiger partial charge in [-0.25, -0.2) is 0 Å². The number of aliphatic carboxylic acids is 2. The molecule has 0 heterocycles. The van der Waals surface area contributed by atoms with Crippen molar-refractivity contribution in [2.75, 3.05) is 0 Å². The Morgan fingerprint density at radius 3 is 1.37 bits per heavy atom. The molecule has 9 fully saturated rings. The number of aliphatic hydroxyl groups is 3. The zero-order chi connectivity index (χ0) is 53.1. The molecule has 0 bridgehead atoms. The number of hydrogen-bond acceptors (Lipinski definition) is 8. The lowest BCUT2D eigenvalue weighted by Gasteiger charge is -2.57. The number of fused-ring (bicyclic) bond motifs is 15. The van der Waals surface area contributed by atoms with Crippen molar-refractivity contribution in [3.63, 3.8) is 0 Å². The summed E-state index contributed by atoms with van der Waals surface area (Å²) >= 11 is 0. The van der Waals surface area contributed by atoms with Gasteiger partial charge in [-0.2, -0.15) is 0 Å². The van der Waals surface area contributed by atoms with Crippen LogP contribution in [0.2, 0.25) is 0 Å². The number of hydrogen-bond donors (Lipinski definition) is 5. The molecule has 9 saturated carbocycles. The monoisotopic (exact) mass is 1010 g/mol. The predicted octanol–water partition coefficient (Wildman–Crippen LogP) is 12.6. The topological polar surface area (TPSA) is 186 Å². The molecule has 0 aromatic carbocycles. The predicted molar refractivity (Wildman–Crippen MR) is 284 cm³/mol. The summed E-state index contributed by atoms with van der Waals surface area (Å²) in [4.78, 5) is 55.2. The van der Waals surface area contributed by atoms with Gasteiger partial charge in [0, 0.05) is 42.9 Å². The van der Waals surface area contributed by atoms with Crippen LogP contribution in [0, 0.1) is 85.8 Å². The second-order valence-electron chi connectivity index (χ2n) is 27.2. The first-order valence-corrected chi connectivity index (χ1v) is 29.6. The van der Waals surface area contributed by atoms with Crippen molar-refractivity contribution < 1.29 is 49.5 Å². The third-order valence-electron chi connectivity index (χ3n) is 24.1. The van der Waals surface area contributed by atoms with E-state index in [1.165, 1.54) is 56.1 Å². The quantitative estimate of drug-likeness (QED) is 0.167.